The zero-order valence-corrected chi connectivity index (χ0v) is 40.4. The Labute approximate surface area is 399 Å². The summed E-state index contributed by atoms with van der Waals surface area (Å²) in [4.78, 5) is 35.3. The number of amides is 2. The lowest BCUT2D eigenvalue weighted by Crippen LogP contribution is -2.70. The number of ether oxygens (including phenoxy) is 4. The van der Waals surface area contributed by atoms with Crippen LogP contribution in [0.4, 0.5) is 9.59 Å². The van der Waals surface area contributed by atoms with Crippen LogP contribution in [0.5, 0.6) is 11.5 Å². The predicted octanol–water partition coefficient (Wildman–Crippen LogP) is 11.8. The smallest absolute Gasteiger partial charge is 0.412 e. The summed E-state index contributed by atoms with van der Waals surface area (Å²) < 4.78 is 26.4. The topological polar surface area (TPSA) is 148 Å². The highest BCUT2D eigenvalue weighted by Crippen LogP contribution is 2.62. The number of carbonyl (C=O) groups excluding carboxylic acids is 2. The Hall–Kier alpha value is -4.91. The number of hydrogen-bond donors (Lipinski definition) is 3. The van der Waals surface area contributed by atoms with E-state index < -0.39 is 29.9 Å². The summed E-state index contributed by atoms with van der Waals surface area (Å²) in [7, 11) is 1.53. The molecule has 12 heteroatoms. The molecule has 3 aromatic carbocycles. The van der Waals surface area contributed by atoms with E-state index in [0.29, 0.717) is 36.6 Å². The fourth-order valence-corrected chi connectivity index (χ4v) is 10.9. The molecule has 2 amide bonds. The van der Waals surface area contributed by atoms with E-state index in [1.165, 1.54) is 52.1 Å². The number of aliphatic hydroxyl groups excluding tert-OH is 2. The number of nitrogens with one attached hydrogen (secondary N) is 1. The van der Waals surface area contributed by atoms with E-state index >= 15 is 0 Å². The Kier molecular flexibility index (Phi) is 20.4. The van der Waals surface area contributed by atoms with Crippen LogP contribution >= 0.6 is 0 Å². The second kappa shape index (κ2) is 26.6. The van der Waals surface area contributed by atoms with Crippen LogP contribution in [0.15, 0.2) is 90.1 Å². The van der Waals surface area contributed by atoms with Crippen LogP contribution in [0.25, 0.3) is 10.8 Å². The standard InChI is InChI=1S/C55H77N3O9/c1-5-8-9-10-11-12-13-14-15-20-32-56-53(61)66-43-30-31-49-47(37-43)51-45(29-19-22-34-60)41(25-18-21-33-59)36-46-48(57-63-4)38-50(55(67-49,52(46)51)65-35-6-2)58(54(62)64-7-3)39-42-27-23-26-40-24-16-17-28-44(40)42/h6,16-17,23-24,26-28,30-31,36-37,41,45,50-52,59-60H,2,5,7-15,18-22,25,29,32-35,38-39H2,1,3-4H3,(H,56,61)/t41-,45+,50-,51+,52+,55+/m0/s1. The van der Waals surface area contributed by atoms with Crippen molar-refractivity contribution in [3.05, 3.63) is 96.1 Å². The molecule has 6 atom stereocenters. The molecule has 0 radical (unpaired) electrons. The third-order valence-electron chi connectivity index (χ3n) is 14.0. The minimum Gasteiger partial charge on any atom is -0.459 e. The van der Waals surface area contributed by atoms with E-state index in [0.717, 1.165) is 72.4 Å². The molecule has 0 bridgehead atoms. The molecule has 1 heterocycles. The van der Waals surface area contributed by atoms with Crippen LogP contribution in [0, 0.1) is 17.8 Å². The van der Waals surface area contributed by atoms with Crippen molar-refractivity contribution >= 4 is 28.7 Å². The first-order valence-corrected chi connectivity index (χ1v) is 25.3. The quantitative estimate of drug-likeness (QED) is 0.0368. The first-order valence-electron chi connectivity index (χ1n) is 25.3. The van der Waals surface area contributed by atoms with Crippen molar-refractivity contribution in [2.24, 2.45) is 22.9 Å². The molecule has 1 aliphatic heterocycles. The SMILES string of the molecule is C=CCO[C@@]12Oc3ccc(OC(=O)NCCCCCCCCCCCC)cc3[C@H]3[C@H](CCCCO)[C@@H](CCCCO)C=C(C(=NOC)C[C@@H]1N(Cc1cccc4ccccc14)C(=O)OCC)[C@H]32. The summed E-state index contributed by atoms with van der Waals surface area (Å²) in [6.45, 7) is 9.28. The van der Waals surface area contributed by atoms with Gasteiger partial charge in [0, 0.05) is 37.7 Å². The van der Waals surface area contributed by atoms with Crippen molar-refractivity contribution in [2.45, 2.75) is 147 Å². The second-order valence-electron chi connectivity index (χ2n) is 18.4. The molecule has 0 unspecified atom stereocenters. The zero-order valence-electron chi connectivity index (χ0n) is 40.4. The number of unbranched alkanes of at least 4 members (excludes halogenated alkanes) is 11. The number of rotatable bonds is 28. The number of oxime groups is 1. The average Bonchev–Trinajstić information content (AvgIpc) is 3.33. The summed E-state index contributed by atoms with van der Waals surface area (Å²) in [5.41, 5.74) is 3.40. The summed E-state index contributed by atoms with van der Waals surface area (Å²) >= 11 is 0. The lowest BCUT2D eigenvalue weighted by atomic mass is 9.55. The van der Waals surface area contributed by atoms with E-state index in [2.05, 4.69) is 43.1 Å². The van der Waals surface area contributed by atoms with Crippen molar-refractivity contribution in [3.63, 3.8) is 0 Å². The largest absolute Gasteiger partial charge is 0.459 e. The summed E-state index contributed by atoms with van der Waals surface area (Å²) in [6, 6.07) is 19.0. The number of fused-ring (bicyclic) bond motifs is 3. The molecule has 12 nitrogen and oxygen atoms in total. The molecule has 0 saturated heterocycles. The monoisotopic (exact) mass is 924 g/mol. The number of hydrogen-bond acceptors (Lipinski definition) is 10. The number of nitrogens with zero attached hydrogens (tertiary/aromatic N) is 2. The van der Waals surface area contributed by atoms with Crippen LogP contribution in [-0.2, 0) is 20.9 Å². The molecule has 3 aromatic rings. The van der Waals surface area contributed by atoms with Crippen LogP contribution < -0.4 is 14.8 Å². The Bertz CT molecular complexity index is 2100. The third-order valence-corrected chi connectivity index (χ3v) is 14.0. The van der Waals surface area contributed by atoms with E-state index in [1.807, 2.05) is 36.4 Å². The predicted molar refractivity (Wildman–Crippen MR) is 264 cm³/mol. The van der Waals surface area contributed by atoms with Crippen molar-refractivity contribution in [1.29, 1.82) is 0 Å². The maximum Gasteiger partial charge on any atom is 0.412 e. The average molecular weight is 924 g/mol. The lowest BCUT2D eigenvalue weighted by Gasteiger charge is -2.59. The number of carbonyl (C=O) groups is 2. The van der Waals surface area contributed by atoms with Gasteiger partial charge in [-0.15, -0.1) is 6.58 Å². The van der Waals surface area contributed by atoms with E-state index in [1.54, 1.807) is 24.0 Å². The highest BCUT2D eigenvalue weighted by molar-refractivity contribution is 6.03. The highest BCUT2D eigenvalue weighted by Gasteiger charge is 2.65. The van der Waals surface area contributed by atoms with Crippen LogP contribution in [0.1, 0.15) is 140 Å². The highest BCUT2D eigenvalue weighted by atomic mass is 16.7. The number of aliphatic hydroxyl groups is 2. The molecule has 6 rings (SSSR count). The minimum atomic E-state index is -1.47. The van der Waals surface area contributed by atoms with Crippen LogP contribution in [0.2, 0.25) is 0 Å². The van der Waals surface area contributed by atoms with E-state index in [9.17, 15) is 19.8 Å². The van der Waals surface area contributed by atoms with Crippen molar-refractivity contribution in [3.8, 4) is 11.5 Å². The van der Waals surface area contributed by atoms with Gasteiger partial charge in [-0.3, -0.25) is 4.90 Å². The molecule has 0 spiro atoms. The minimum absolute atomic E-state index is 0.00502. The van der Waals surface area contributed by atoms with Gasteiger partial charge >= 0.3 is 12.2 Å². The zero-order chi connectivity index (χ0) is 47.4. The molecule has 1 saturated carbocycles. The molecular formula is C55H77N3O9. The lowest BCUT2D eigenvalue weighted by molar-refractivity contribution is -0.256. The van der Waals surface area contributed by atoms with Gasteiger partial charge in [0.05, 0.1) is 31.4 Å². The molecule has 1 fully saturated rings. The van der Waals surface area contributed by atoms with E-state index in [4.69, 9.17) is 28.9 Å². The van der Waals surface area contributed by atoms with Gasteiger partial charge in [0.1, 0.15) is 24.7 Å². The maximum atomic E-state index is 14.6. The van der Waals surface area contributed by atoms with Crippen molar-refractivity contribution in [2.75, 3.05) is 40.1 Å². The fourth-order valence-electron chi connectivity index (χ4n) is 10.9. The first kappa shape index (κ1) is 51.5. The van der Waals surface area contributed by atoms with Crippen LogP contribution in [-0.4, -0.2) is 84.9 Å². The molecule has 366 valence electrons. The van der Waals surface area contributed by atoms with Gasteiger partial charge < -0.3 is 39.3 Å². The van der Waals surface area contributed by atoms with Gasteiger partial charge in [-0.25, -0.2) is 9.59 Å². The molecule has 0 aromatic heterocycles. The van der Waals surface area contributed by atoms with Gasteiger partial charge in [0.15, 0.2) is 0 Å². The summed E-state index contributed by atoms with van der Waals surface area (Å²) in [6.07, 6.45) is 19.8. The van der Waals surface area contributed by atoms with Gasteiger partial charge in [-0.05, 0) is 91.0 Å². The Morgan fingerprint density at radius 3 is 2.33 bits per heavy atom. The fraction of sp³-hybridized carbons (Fsp3) is 0.582. The summed E-state index contributed by atoms with van der Waals surface area (Å²) in [5, 5.41) is 29.7. The second-order valence-corrected chi connectivity index (χ2v) is 18.4. The first-order chi connectivity index (χ1) is 32.8. The van der Waals surface area contributed by atoms with E-state index in [-0.39, 0.29) is 57.1 Å². The number of benzene rings is 3. The molecule has 3 aliphatic rings. The molecule has 2 aliphatic carbocycles. The number of allylic oxidation sites excluding steroid dienone is 1. The Balaban J connectivity index is 1.40. The molecular weight excluding hydrogens is 847 g/mol. The summed E-state index contributed by atoms with van der Waals surface area (Å²) in [5.74, 6) is -1.26. The van der Waals surface area contributed by atoms with Gasteiger partial charge in [0.25, 0.3) is 0 Å². The molecule has 67 heavy (non-hydrogen) atoms. The Morgan fingerprint density at radius 2 is 1.61 bits per heavy atom. The van der Waals surface area contributed by atoms with Crippen LogP contribution in [0.3, 0.4) is 0 Å². The Morgan fingerprint density at radius 1 is 0.896 bits per heavy atom. The maximum absolute atomic E-state index is 14.6. The van der Waals surface area contributed by atoms with Crippen molar-refractivity contribution in [1.82, 2.24) is 10.2 Å². The molecule has 3 N–H and O–H groups in total. The van der Waals surface area contributed by atoms with Crippen molar-refractivity contribution < 1.29 is 43.6 Å². The van der Waals surface area contributed by atoms with Gasteiger partial charge in [-0.2, -0.15) is 0 Å². The third kappa shape index (κ3) is 13.0. The van der Waals surface area contributed by atoms with Gasteiger partial charge in [-0.1, -0.05) is 137 Å². The normalized spacial score (nSPS) is 22.3. The van der Waals surface area contributed by atoms with Gasteiger partial charge in [0.2, 0.25) is 5.79 Å².